The molecule has 2 unspecified atom stereocenters. The number of rotatable bonds is 2. The molecule has 104 valence electrons. The smallest absolute Gasteiger partial charge is 0.240 e. The molecule has 0 radical (unpaired) electrons. The lowest BCUT2D eigenvalue weighted by atomic mass is 9.86. The number of hydrogen-bond acceptors (Lipinski definition) is 2. The highest BCUT2D eigenvalue weighted by Crippen LogP contribution is 2.36. The zero-order valence-corrected chi connectivity index (χ0v) is 12.1. The molecule has 0 aromatic heterocycles. The number of likely N-dealkylation sites (tertiary alicyclic amines) is 1. The van der Waals surface area contributed by atoms with E-state index >= 15 is 0 Å². The van der Waals surface area contributed by atoms with Crippen LogP contribution < -0.4 is 5.73 Å². The molecule has 1 aliphatic heterocycles. The first-order chi connectivity index (χ1) is 8.41. The summed E-state index contributed by atoms with van der Waals surface area (Å²) in [5, 5.41) is 0. The second-order valence-corrected chi connectivity index (χ2v) is 7.13. The molecule has 0 bridgehead atoms. The van der Waals surface area contributed by atoms with Crippen LogP contribution in [-0.4, -0.2) is 29.4 Å². The van der Waals surface area contributed by atoms with Gasteiger partial charge in [-0.05, 0) is 37.0 Å². The van der Waals surface area contributed by atoms with Gasteiger partial charge in [0.25, 0.3) is 0 Å². The monoisotopic (exact) mass is 252 g/mol. The second kappa shape index (κ2) is 5.20. The Hall–Kier alpha value is -0.570. The number of nitrogens with two attached hydrogens (primary N) is 1. The maximum atomic E-state index is 12.6. The van der Waals surface area contributed by atoms with Crippen molar-refractivity contribution < 1.29 is 4.79 Å². The molecule has 2 aliphatic rings. The van der Waals surface area contributed by atoms with E-state index in [1.807, 2.05) is 0 Å². The van der Waals surface area contributed by atoms with Gasteiger partial charge in [0, 0.05) is 12.6 Å². The highest BCUT2D eigenvalue weighted by atomic mass is 16.2. The average Bonchev–Trinajstić information content (AvgIpc) is 2.95. The number of carbonyl (C=O) groups excluding carboxylic acids is 1. The van der Waals surface area contributed by atoms with Crippen LogP contribution in [0, 0.1) is 11.3 Å². The van der Waals surface area contributed by atoms with Gasteiger partial charge < -0.3 is 10.6 Å². The molecule has 0 aromatic carbocycles. The van der Waals surface area contributed by atoms with Crippen LogP contribution in [0.2, 0.25) is 0 Å². The number of amides is 1. The van der Waals surface area contributed by atoms with Crippen molar-refractivity contribution in [1.29, 1.82) is 0 Å². The molecule has 2 atom stereocenters. The fourth-order valence-electron chi connectivity index (χ4n) is 3.45. The highest BCUT2D eigenvalue weighted by Gasteiger charge is 2.39. The Bertz CT molecular complexity index is 302. The maximum absolute atomic E-state index is 12.6. The zero-order valence-electron chi connectivity index (χ0n) is 12.1. The van der Waals surface area contributed by atoms with E-state index in [0.717, 1.165) is 18.9 Å². The standard InChI is InChI=1S/C15H28N2O/c1-15(2,3)13(16)14(18)17-10-6-9-12(17)11-7-4-5-8-11/h11-13H,4-10,16H2,1-3H3. The summed E-state index contributed by atoms with van der Waals surface area (Å²) < 4.78 is 0. The Morgan fingerprint density at radius 3 is 2.33 bits per heavy atom. The molecule has 3 nitrogen and oxygen atoms in total. The number of carbonyl (C=O) groups is 1. The third-order valence-electron chi connectivity index (χ3n) is 4.73. The molecular formula is C15H28N2O. The van der Waals surface area contributed by atoms with Crippen LogP contribution >= 0.6 is 0 Å². The lowest BCUT2D eigenvalue weighted by molar-refractivity contribution is -0.136. The summed E-state index contributed by atoms with van der Waals surface area (Å²) in [5.41, 5.74) is 6.00. The molecule has 3 heteroatoms. The van der Waals surface area contributed by atoms with Crippen LogP contribution in [-0.2, 0) is 4.79 Å². The van der Waals surface area contributed by atoms with Gasteiger partial charge in [0.05, 0.1) is 6.04 Å². The van der Waals surface area contributed by atoms with Crippen molar-refractivity contribution in [2.24, 2.45) is 17.1 Å². The Morgan fingerprint density at radius 2 is 1.78 bits per heavy atom. The first-order valence-electron chi connectivity index (χ1n) is 7.47. The molecule has 2 N–H and O–H groups in total. The average molecular weight is 252 g/mol. The van der Waals surface area contributed by atoms with Crippen molar-refractivity contribution in [1.82, 2.24) is 4.90 Å². The summed E-state index contributed by atoms with van der Waals surface area (Å²) in [6.07, 6.45) is 7.64. The zero-order chi connectivity index (χ0) is 13.3. The summed E-state index contributed by atoms with van der Waals surface area (Å²) in [7, 11) is 0. The van der Waals surface area contributed by atoms with Gasteiger partial charge in [0.1, 0.15) is 0 Å². The van der Waals surface area contributed by atoms with E-state index in [9.17, 15) is 4.79 Å². The Morgan fingerprint density at radius 1 is 1.17 bits per heavy atom. The van der Waals surface area contributed by atoms with Crippen molar-refractivity contribution in [3.8, 4) is 0 Å². The second-order valence-electron chi connectivity index (χ2n) is 7.13. The van der Waals surface area contributed by atoms with E-state index in [2.05, 4.69) is 25.7 Å². The first-order valence-corrected chi connectivity index (χ1v) is 7.47. The van der Waals surface area contributed by atoms with Crippen molar-refractivity contribution in [3.05, 3.63) is 0 Å². The Labute approximate surface area is 111 Å². The lowest BCUT2D eigenvalue weighted by Crippen LogP contribution is -2.52. The van der Waals surface area contributed by atoms with E-state index in [4.69, 9.17) is 5.73 Å². The van der Waals surface area contributed by atoms with Crippen molar-refractivity contribution in [2.75, 3.05) is 6.54 Å². The third kappa shape index (κ3) is 2.71. The minimum Gasteiger partial charge on any atom is -0.338 e. The molecule has 2 rings (SSSR count). The largest absolute Gasteiger partial charge is 0.338 e. The molecule has 1 saturated carbocycles. The Balaban J connectivity index is 2.04. The molecule has 1 amide bonds. The molecule has 2 fully saturated rings. The first kappa shape index (κ1) is 13.9. The Kier molecular flexibility index (Phi) is 4.00. The van der Waals surface area contributed by atoms with Gasteiger partial charge in [-0.25, -0.2) is 0 Å². The predicted octanol–water partition coefficient (Wildman–Crippen LogP) is 2.54. The van der Waals surface area contributed by atoms with Crippen LogP contribution in [0.15, 0.2) is 0 Å². The van der Waals surface area contributed by atoms with Gasteiger partial charge in [-0.2, -0.15) is 0 Å². The molecule has 1 saturated heterocycles. The van der Waals surface area contributed by atoms with Crippen LogP contribution in [0.1, 0.15) is 59.3 Å². The van der Waals surface area contributed by atoms with E-state index < -0.39 is 0 Å². The summed E-state index contributed by atoms with van der Waals surface area (Å²) >= 11 is 0. The predicted molar refractivity (Wildman–Crippen MR) is 74.1 cm³/mol. The molecule has 18 heavy (non-hydrogen) atoms. The topological polar surface area (TPSA) is 46.3 Å². The summed E-state index contributed by atoms with van der Waals surface area (Å²) in [6, 6.07) is 0.118. The van der Waals surface area contributed by atoms with E-state index in [1.165, 1.54) is 32.1 Å². The SMILES string of the molecule is CC(C)(C)C(N)C(=O)N1CCCC1C1CCCC1. The normalized spacial score (nSPS) is 27.8. The number of hydrogen-bond donors (Lipinski definition) is 1. The van der Waals surface area contributed by atoms with E-state index in [0.29, 0.717) is 6.04 Å². The summed E-state index contributed by atoms with van der Waals surface area (Å²) in [5.74, 6) is 0.917. The molecule has 0 aromatic rings. The lowest BCUT2D eigenvalue weighted by Gasteiger charge is -2.35. The van der Waals surface area contributed by atoms with Gasteiger partial charge in [0.15, 0.2) is 0 Å². The van der Waals surface area contributed by atoms with E-state index in [1.54, 1.807) is 0 Å². The van der Waals surface area contributed by atoms with Crippen LogP contribution in [0.25, 0.3) is 0 Å². The van der Waals surface area contributed by atoms with Crippen molar-refractivity contribution in [3.63, 3.8) is 0 Å². The minimum atomic E-state index is -0.362. The molecule has 1 heterocycles. The van der Waals surface area contributed by atoms with Crippen LogP contribution in [0.4, 0.5) is 0 Å². The maximum Gasteiger partial charge on any atom is 0.240 e. The quantitative estimate of drug-likeness (QED) is 0.821. The van der Waals surface area contributed by atoms with Gasteiger partial charge >= 0.3 is 0 Å². The van der Waals surface area contributed by atoms with Crippen LogP contribution in [0.3, 0.4) is 0 Å². The van der Waals surface area contributed by atoms with Crippen molar-refractivity contribution in [2.45, 2.75) is 71.4 Å². The molecule has 0 spiro atoms. The summed E-state index contributed by atoms with van der Waals surface area (Å²) in [6.45, 7) is 7.08. The van der Waals surface area contributed by atoms with Crippen LogP contribution in [0.5, 0.6) is 0 Å². The molecule has 1 aliphatic carbocycles. The summed E-state index contributed by atoms with van der Waals surface area (Å²) in [4.78, 5) is 14.7. The van der Waals surface area contributed by atoms with Gasteiger partial charge in [-0.3, -0.25) is 4.79 Å². The molecular weight excluding hydrogens is 224 g/mol. The van der Waals surface area contributed by atoms with Gasteiger partial charge in [-0.1, -0.05) is 33.6 Å². The van der Waals surface area contributed by atoms with Gasteiger partial charge in [-0.15, -0.1) is 0 Å². The minimum absolute atomic E-state index is 0.139. The van der Waals surface area contributed by atoms with Gasteiger partial charge in [0.2, 0.25) is 5.91 Å². The highest BCUT2D eigenvalue weighted by molar-refractivity contribution is 5.83. The third-order valence-corrected chi connectivity index (χ3v) is 4.73. The van der Waals surface area contributed by atoms with Crippen molar-refractivity contribution >= 4 is 5.91 Å². The van der Waals surface area contributed by atoms with E-state index in [-0.39, 0.29) is 17.4 Å². The fourth-order valence-corrected chi connectivity index (χ4v) is 3.45. The number of nitrogens with zero attached hydrogens (tertiary/aromatic N) is 1. The fraction of sp³-hybridized carbons (Fsp3) is 0.933.